The highest BCUT2D eigenvalue weighted by molar-refractivity contribution is 7.80. The van der Waals surface area contributed by atoms with Crippen molar-refractivity contribution in [2.24, 2.45) is 11.1 Å². The number of hydrogen-bond acceptors (Lipinski definition) is 3. The minimum atomic E-state index is 0.430. The van der Waals surface area contributed by atoms with E-state index in [1.165, 1.54) is 32.1 Å². The van der Waals surface area contributed by atoms with E-state index in [0.717, 1.165) is 23.6 Å². The standard InChI is InChI=1S/C15H23N3S/c1-3-15(6-4-5-7-15)10-17-13-9-12(14(16)19)8-11(2)18-13/h8-9H,3-7,10H2,1-2H3,(H2,16,19)(H,17,18). The fourth-order valence-electron chi connectivity index (χ4n) is 2.96. The summed E-state index contributed by atoms with van der Waals surface area (Å²) in [6, 6.07) is 3.88. The first-order valence-electron chi connectivity index (χ1n) is 7.07. The lowest BCUT2D eigenvalue weighted by atomic mass is 9.83. The summed E-state index contributed by atoms with van der Waals surface area (Å²) in [6.45, 7) is 5.26. The number of anilines is 1. The lowest BCUT2D eigenvalue weighted by Gasteiger charge is -2.28. The summed E-state index contributed by atoms with van der Waals surface area (Å²) >= 11 is 5.04. The van der Waals surface area contributed by atoms with E-state index >= 15 is 0 Å². The Morgan fingerprint density at radius 2 is 2.11 bits per heavy atom. The van der Waals surface area contributed by atoms with Gasteiger partial charge in [-0.15, -0.1) is 0 Å². The number of aromatic nitrogens is 1. The molecule has 0 spiro atoms. The number of hydrogen-bond donors (Lipinski definition) is 2. The molecule has 104 valence electrons. The van der Waals surface area contributed by atoms with Crippen molar-refractivity contribution in [3.05, 3.63) is 23.4 Å². The van der Waals surface area contributed by atoms with E-state index in [-0.39, 0.29) is 0 Å². The van der Waals surface area contributed by atoms with Gasteiger partial charge in [0.25, 0.3) is 0 Å². The molecule has 0 aliphatic heterocycles. The predicted molar refractivity (Wildman–Crippen MR) is 84.5 cm³/mol. The van der Waals surface area contributed by atoms with Crippen LogP contribution in [0.1, 0.15) is 50.3 Å². The van der Waals surface area contributed by atoms with Gasteiger partial charge in [0.05, 0.1) is 0 Å². The van der Waals surface area contributed by atoms with E-state index < -0.39 is 0 Å². The van der Waals surface area contributed by atoms with Gasteiger partial charge in [-0.1, -0.05) is 32.0 Å². The van der Waals surface area contributed by atoms with Gasteiger partial charge in [-0.2, -0.15) is 0 Å². The molecule has 0 amide bonds. The highest BCUT2D eigenvalue weighted by Crippen LogP contribution is 2.40. The summed E-state index contributed by atoms with van der Waals surface area (Å²) in [5.41, 5.74) is 7.99. The fraction of sp³-hybridized carbons (Fsp3) is 0.600. The predicted octanol–water partition coefficient (Wildman–Crippen LogP) is 3.41. The first-order chi connectivity index (χ1) is 9.04. The Morgan fingerprint density at radius 3 is 2.68 bits per heavy atom. The quantitative estimate of drug-likeness (QED) is 0.810. The number of pyridine rings is 1. The normalized spacial score (nSPS) is 17.4. The Kier molecular flexibility index (Phi) is 4.40. The summed E-state index contributed by atoms with van der Waals surface area (Å²) in [5.74, 6) is 0.891. The zero-order valence-electron chi connectivity index (χ0n) is 11.8. The number of thiocarbonyl (C=S) groups is 1. The van der Waals surface area contributed by atoms with Crippen molar-refractivity contribution >= 4 is 23.0 Å². The van der Waals surface area contributed by atoms with Gasteiger partial charge in [-0.25, -0.2) is 4.98 Å². The van der Waals surface area contributed by atoms with Crippen molar-refractivity contribution in [1.82, 2.24) is 4.98 Å². The Hall–Kier alpha value is -1.16. The molecule has 2 rings (SSSR count). The van der Waals surface area contributed by atoms with E-state index in [1.807, 2.05) is 19.1 Å². The smallest absolute Gasteiger partial charge is 0.126 e. The molecule has 0 aromatic carbocycles. The molecular formula is C15H23N3S. The monoisotopic (exact) mass is 277 g/mol. The van der Waals surface area contributed by atoms with Gasteiger partial charge in [0.15, 0.2) is 0 Å². The van der Waals surface area contributed by atoms with Gasteiger partial charge in [-0.3, -0.25) is 0 Å². The van der Waals surface area contributed by atoms with Crippen LogP contribution in [0, 0.1) is 12.3 Å². The zero-order valence-corrected chi connectivity index (χ0v) is 12.6. The lowest BCUT2D eigenvalue weighted by molar-refractivity contribution is 0.306. The Morgan fingerprint density at radius 1 is 1.42 bits per heavy atom. The van der Waals surface area contributed by atoms with Crippen LogP contribution in [-0.2, 0) is 0 Å². The second-order valence-electron chi connectivity index (χ2n) is 5.66. The SMILES string of the molecule is CCC1(CNc2cc(C(N)=S)cc(C)n2)CCCC1. The van der Waals surface area contributed by atoms with Crippen LogP contribution in [-0.4, -0.2) is 16.5 Å². The third kappa shape index (κ3) is 3.44. The molecule has 1 heterocycles. The van der Waals surface area contributed by atoms with Crippen molar-refractivity contribution in [1.29, 1.82) is 0 Å². The molecular weight excluding hydrogens is 254 g/mol. The van der Waals surface area contributed by atoms with Crippen molar-refractivity contribution in [3.63, 3.8) is 0 Å². The van der Waals surface area contributed by atoms with Crippen LogP contribution in [0.25, 0.3) is 0 Å². The second kappa shape index (κ2) is 5.87. The van der Waals surface area contributed by atoms with E-state index in [2.05, 4.69) is 17.2 Å². The number of nitrogens with zero attached hydrogens (tertiary/aromatic N) is 1. The van der Waals surface area contributed by atoms with Gasteiger partial charge in [0.2, 0.25) is 0 Å². The number of rotatable bonds is 5. The van der Waals surface area contributed by atoms with Gasteiger partial charge < -0.3 is 11.1 Å². The molecule has 1 saturated carbocycles. The van der Waals surface area contributed by atoms with E-state index in [1.54, 1.807) is 0 Å². The highest BCUT2D eigenvalue weighted by atomic mass is 32.1. The van der Waals surface area contributed by atoms with Crippen LogP contribution >= 0.6 is 12.2 Å². The van der Waals surface area contributed by atoms with Crippen molar-refractivity contribution in [2.75, 3.05) is 11.9 Å². The molecule has 1 aliphatic carbocycles. The molecule has 0 bridgehead atoms. The summed E-state index contributed by atoms with van der Waals surface area (Å²) in [7, 11) is 0. The second-order valence-corrected chi connectivity index (χ2v) is 6.10. The molecule has 1 aliphatic rings. The topological polar surface area (TPSA) is 50.9 Å². The van der Waals surface area contributed by atoms with Crippen LogP contribution in [0.5, 0.6) is 0 Å². The van der Waals surface area contributed by atoms with Crippen LogP contribution in [0.4, 0.5) is 5.82 Å². The molecule has 0 unspecified atom stereocenters. The number of nitrogens with two attached hydrogens (primary N) is 1. The fourth-order valence-corrected chi connectivity index (χ4v) is 3.08. The van der Waals surface area contributed by atoms with Gasteiger partial charge in [0, 0.05) is 17.8 Å². The average molecular weight is 277 g/mol. The molecule has 1 aromatic heterocycles. The maximum atomic E-state index is 5.70. The third-order valence-electron chi connectivity index (χ3n) is 4.30. The zero-order chi connectivity index (χ0) is 13.9. The van der Waals surface area contributed by atoms with Crippen molar-refractivity contribution < 1.29 is 0 Å². The lowest BCUT2D eigenvalue weighted by Crippen LogP contribution is -2.26. The molecule has 3 N–H and O–H groups in total. The van der Waals surface area contributed by atoms with E-state index in [0.29, 0.717) is 10.4 Å². The average Bonchev–Trinajstić information content (AvgIpc) is 2.85. The maximum Gasteiger partial charge on any atom is 0.126 e. The summed E-state index contributed by atoms with van der Waals surface area (Å²) in [4.78, 5) is 4.95. The minimum absolute atomic E-state index is 0.430. The van der Waals surface area contributed by atoms with Crippen LogP contribution in [0.3, 0.4) is 0 Å². The third-order valence-corrected chi connectivity index (χ3v) is 4.53. The molecule has 0 radical (unpaired) electrons. The molecule has 1 fully saturated rings. The Balaban J connectivity index is 2.08. The molecule has 1 aromatic rings. The first kappa shape index (κ1) is 14.3. The molecule has 3 nitrogen and oxygen atoms in total. The van der Waals surface area contributed by atoms with Gasteiger partial charge >= 0.3 is 0 Å². The molecule has 0 atom stereocenters. The largest absolute Gasteiger partial charge is 0.389 e. The van der Waals surface area contributed by atoms with Crippen LogP contribution in [0.15, 0.2) is 12.1 Å². The van der Waals surface area contributed by atoms with E-state index in [9.17, 15) is 0 Å². The summed E-state index contributed by atoms with van der Waals surface area (Å²) in [5, 5.41) is 3.49. The van der Waals surface area contributed by atoms with Crippen molar-refractivity contribution in [2.45, 2.75) is 46.0 Å². The maximum absolute atomic E-state index is 5.70. The summed E-state index contributed by atoms with van der Waals surface area (Å²) in [6.07, 6.45) is 6.59. The highest BCUT2D eigenvalue weighted by Gasteiger charge is 2.31. The Bertz CT molecular complexity index is 464. The van der Waals surface area contributed by atoms with Gasteiger partial charge in [0.1, 0.15) is 10.8 Å². The molecule has 4 heteroatoms. The van der Waals surface area contributed by atoms with Crippen molar-refractivity contribution in [3.8, 4) is 0 Å². The number of aryl methyl sites for hydroxylation is 1. The van der Waals surface area contributed by atoms with E-state index in [4.69, 9.17) is 18.0 Å². The minimum Gasteiger partial charge on any atom is -0.389 e. The summed E-state index contributed by atoms with van der Waals surface area (Å²) < 4.78 is 0. The number of nitrogens with one attached hydrogen (secondary N) is 1. The molecule has 0 saturated heterocycles. The van der Waals surface area contributed by atoms with Crippen LogP contribution in [0.2, 0.25) is 0 Å². The Labute approximate surface area is 121 Å². The van der Waals surface area contributed by atoms with Gasteiger partial charge in [-0.05, 0) is 43.7 Å². The van der Waals surface area contributed by atoms with Crippen LogP contribution < -0.4 is 11.1 Å². The first-order valence-corrected chi connectivity index (χ1v) is 7.48. The molecule has 19 heavy (non-hydrogen) atoms.